The molecule has 1 aliphatic heterocycles. The second-order valence-corrected chi connectivity index (χ2v) is 8.20. The van der Waals surface area contributed by atoms with Crippen molar-refractivity contribution in [2.75, 3.05) is 26.2 Å². The SMILES string of the molecule is Cc1cc(C(=O)N2CCN(C(=O)C3CCCCC3)CC2)c(C)n1C(C)C. The highest BCUT2D eigenvalue weighted by atomic mass is 16.2. The Morgan fingerprint density at radius 2 is 1.54 bits per heavy atom. The second kappa shape index (κ2) is 7.85. The van der Waals surface area contributed by atoms with Gasteiger partial charge in [-0.2, -0.15) is 0 Å². The molecule has 2 fully saturated rings. The van der Waals surface area contributed by atoms with Crippen LogP contribution in [0, 0.1) is 19.8 Å². The van der Waals surface area contributed by atoms with E-state index in [1.807, 2.05) is 22.8 Å². The zero-order valence-electron chi connectivity index (χ0n) is 16.8. The number of amides is 2. The van der Waals surface area contributed by atoms with Crippen molar-refractivity contribution >= 4 is 11.8 Å². The first-order valence-electron chi connectivity index (χ1n) is 10.2. The van der Waals surface area contributed by atoms with Crippen molar-refractivity contribution in [1.82, 2.24) is 14.4 Å². The van der Waals surface area contributed by atoms with Gasteiger partial charge in [0.2, 0.25) is 5.91 Å². The summed E-state index contributed by atoms with van der Waals surface area (Å²) in [6.07, 6.45) is 5.71. The van der Waals surface area contributed by atoms with Gasteiger partial charge in [-0.15, -0.1) is 0 Å². The van der Waals surface area contributed by atoms with E-state index in [0.717, 1.165) is 29.8 Å². The van der Waals surface area contributed by atoms with E-state index in [9.17, 15) is 9.59 Å². The molecule has 1 saturated carbocycles. The van der Waals surface area contributed by atoms with Gasteiger partial charge in [-0.25, -0.2) is 0 Å². The third-order valence-electron chi connectivity index (χ3n) is 6.06. The van der Waals surface area contributed by atoms with Gasteiger partial charge in [-0.05, 0) is 46.6 Å². The average molecular weight is 360 g/mol. The largest absolute Gasteiger partial charge is 0.346 e. The lowest BCUT2D eigenvalue weighted by Gasteiger charge is -2.37. The first kappa shape index (κ1) is 19.0. The fourth-order valence-electron chi connectivity index (χ4n) is 4.70. The van der Waals surface area contributed by atoms with Crippen molar-refractivity contribution < 1.29 is 9.59 Å². The molecule has 0 aromatic carbocycles. The Morgan fingerprint density at radius 3 is 2.08 bits per heavy atom. The molecule has 2 heterocycles. The van der Waals surface area contributed by atoms with Crippen molar-refractivity contribution in [1.29, 1.82) is 0 Å². The summed E-state index contributed by atoms with van der Waals surface area (Å²) >= 11 is 0. The first-order valence-corrected chi connectivity index (χ1v) is 10.2. The van der Waals surface area contributed by atoms with Crippen LogP contribution in [-0.4, -0.2) is 52.4 Å². The van der Waals surface area contributed by atoms with Gasteiger partial charge < -0.3 is 14.4 Å². The van der Waals surface area contributed by atoms with E-state index >= 15 is 0 Å². The zero-order chi connectivity index (χ0) is 18.8. The molecule has 2 aliphatic rings. The lowest BCUT2D eigenvalue weighted by Crippen LogP contribution is -2.52. The number of hydrogen-bond acceptors (Lipinski definition) is 2. The molecule has 0 atom stereocenters. The Bertz CT molecular complexity index is 663. The molecule has 144 valence electrons. The third kappa shape index (κ3) is 3.67. The minimum absolute atomic E-state index is 0.106. The van der Waals surface area contributed by atoms with Crippen molar-refractivity contribution in [3.05, 3.63) is 23.0 Å². The standard InChI is InChI=1S/C21H33N3O2/c1-15(2)24-16(3)14-19(17(24)4)21(26)23-12-10-22(11-13-23)20(25)18-8-6-5-7-9-18/h14-15,18H,5-13H2,1-4H3. The molecule has 0 bridgehead atoms. The van der Waals surface area contributed by atoms with Crippen LogP contribution in [-0.2, 0) is 4.79 Å². The molecular formula is C21H33N3O2. The number of aryl methyl sites for hydroxylation is 1. The molecule has 0 radical (unpaired) electrons. The van der Waals surface area contributed by atoms with Crippen LogP contribution in [0.25, 0.3) is 0 Å². The van der Waals surface area contributed by atoms with E-state index < -0.39 is 0 Å². The molecule has 0 unspecified atom stereocenters. The van der Waals surface area contributed by atoms with Gasteiger partial charge in [-0.1, -0.05) is 19.3 Å². The highest BCUT2D eigenvalue weighted by molar-refractivity contribution is 5.96. The van der Waals surface area contributed by atoms with Gasteiger partial charge in [0, 0.05) is 49.5 Å². The van der Waals surface area contributed by atoms with Crippen LogP contribution in [0.4, 0.5) is 0 Å². The van der Waals surface area contributed by atoms with E-state index in [1.165, 1.54) is 19.3 Å². The maximum absolute atomic E-state index is 13.0. The number of rotatable bonds is 3. The molecule has 0 spiro atoms. The maximum Gasteiger partial charge on any atom is 0.255 e. The Labute approximate surface area is 157 Å². The average Bonchev–Trinajstić information content (AvgIpc) is 2.95. The summed E-state index contributed by atoms with van der Waals surface area (Å²) in [5.74, 6) is 0.639. The summed E-state index contributed by atoms with van der Waals surface area (Å²) in [4.78, 5) is 29.6. The number of nitrogens with zero attached hydrogens (tertiary/aromatic N) is 3. The van der Waals surface area contributed by atoms with E-state index in [2.05, 4.69) is 25.3 Å². The monoisotopic (exact) mass is 359 g/mol. The quantitative estimate of drug-likeness (QED) is 0.828. The predicted molar refractivity (Wildman–Crippen MR) is 103 cm³/mol. The molecule has 1 saturated heterocycles. The van der Waals surface area contributed by atoms with Crippen molar-refractivity contribution in [3.8, 4) is 0 Å². The van der Waals surface area contributed by atoms with Crippen molar-refractivity contribution in [2.24, 2.45) is 5.92 Å². The van der Waals surface area contributed by atoms with Crippen LogP contribution in [0.1, 0.15) is 73.7 Å². The first-order chi connectivity index (χ1) is 12.4. The Hall–Kier alpha value is -1.78. The summed E-state index contributed by atoms with van der Waals surface area (Å²) < 4.78 is 2.22. The topological polar surface area (TPSA) is 45.6 Å². The summed E-state index contributed by atoms with van der Waals surface area (Å²) in [5, 5.41) is 0. The molecule has 26 heavy (non-hydrogen) atoms. The van der Waals surface area contributed by atoms with Gasteiger partial charge in [-0.3, -0.25) is 9.59 Å². The van der Waals surface area contributed by atoms with Crippen LogP contribution in [0.2, 0.25) is 0 Å². The number of hydrogen-bond donors (Lipinski definition) is 0. The Kier molecular flexibility index (Phi) is 5.73. The van der Waals surface area contributed by atoms with Crippen LogP contribution in [0.15, 0.2) is 6.07 Å². The number of aromatic nitrogens is 1. The highest BCUT2D eigenvalue weighted by Gasteiger charge is 2.31. The van der Waals surface area contributed by atoms with Crippen molar-refractivity contribution in [3.63, 3.8) is 0 Å². The van der Waals surface area contributed by atoms with E-state index in [4.69, 9.17) is 0 Å². The summed E-state index contributed by atoms with van der Waals surface area (Å²) in [6.45, 7) is 11.0. The normalized spacial score (nSPS) is 19.3. The van der Waals surface area contributed by atoms with E-state index in [1.54, 1.807) is 0 Å². The van der Waals surface area contributed by atoms with Crippen LogP contribution in [0.5, 0.6) is 0 Å². The number of carbonyl (C=O) groups is 2. The third-order valence-corrected chi connectivity index (χ3v) is 6.06. The van der Waals surface area contributed by atoms with Gasteiger partial charge >= 0.3 is 0 Å². The molecule has 5 nitrogen and oxygen atoms in total. The molecule has 5 heteroatoms. The zero-order valence-corrected chi connectivity index (χ0v) is 16.8. The van der Waals surface area contributed by atoms with Gasteiger partial charge in [0.25, 0.3) is 5.91 Å². The lowest BCUT2D eigenvalue weighted by molar-refractivity contribution is -0.138. The molecular weight excluding hydrogens is 326 g/mol. The summed E-state index contributed by atoms with van der Waals surface area (Å²) in [5.41, 5.74) is 2.98. The van der Waals surface area contributed by atoms with Gasteiger partial charge in [0.1, 0.15) is 0 Å². The lowest BCUT2D eigenvalue weighted by atomic mass is 9.88. The molecule has 2 amide bonds. The van der Waals surface area contributed by atoms with Crippen molar-refractivity contribution in [2.45, 2.75) is 65.8 Å². The fourth-order valence-corrected chi connectivity index (χ4v) is 4.70. The predicted octanol–water partition coefficient (Wildman–Crippen LogP) is 3.55. The summed E-state index contributed by atoms with van der Waals surface area (Å²) in [6, 6.07) is 2.36. The molecule has 1 aliphatic carbocycles. The molecule has 3 rings (SSSR count). The fraction of sp³-hybridized carbons (Fsp3) is 0.714. The molecule has 1 aromatic heterocycles. The number of carbonyl (C=O) groups excluding carboxylic acids is 2. The minimum atomic E-state index is 0.106. The highest BCUT2D eigenvalue weighted by Crippen LogP contribution is 2.26. The molecule has 1 aromatic rings. The maximum atomic E-state index is 13.0. The van der Waals surface area contributed by atoms with Gasteiger partial charge in [0.15, 0.2) is 0 Å². The second-order valence-electron chi connectivity index (χ2n) is 8.20. The smallest absolute Gasteiger partial charge is 0.255 e. The van der Waals surface area contributed by atoms with Crippen LogP contribution >= 0.6 is 0 Å². The van der Waals surface area contributed by atoms with Crippen LogP contribution in [0.3, 0.4) is 0 Å². The Morgan fingerprint density at radius 1 is 0.962 bits per heavy atom. The number of piperazine rings is 1. The van der Waals surface area contributed by atoms with E-state index in [0.29, 0.717) is 38.1 Å². The minimum Gasteiger partial charge on any atom is -0.346 e. The summed E-state index contributed by atoms with van der Waals surface area (Å²) in [7, 11) is 0. The van der Waals surface area contributed by atoms with Gasteiger partial charge in [0.05, 0.1) is 5.56 Å². The molecule has 0 N–H and O–H groups in total. The van der Waals surface area contributed by atoms with Crippen LogP contribution < -0.4 is 0 Å². The Balaban J connectivity index is 1.62. The van der Waals surface area contributed by atoms with E-state index in [-0.39, 0.29) is 11.8 Å².